The van der Waals surface area contributed by atoms with Gasteiger partial charge in [0.15, 0.2) is 0 Å². The van der Waals surface area contributed by atoms with Crippen molar-refractivity contribution in [2.24, 2.45) is 0 Å². The molecule has 4 nitrogen and oxygen atoms in total. The highest BCUT2D eigenvalue weighted by atomic mass is 16.3. The summed E-state index contributed by atoms with van der Waals surface area (Å²) in [5.41, 5.74) is 1.09. The molecular weight excluding hydrogens is 250 g/mol. The van der Waals surface area contributed by atoms with E-state index < -0.39 is 0 Å². The van der Waals surface area contributed by atoms with Gasteiger partial charge < -0.3 is 14.6 Å². The number of hydrogen-bond acceptors (Lipinski definition) is 4. The summed E-state index contributed by atoms with van der Waals surface area (Å²) in [4.78, 5) is 6.81. The number of aromatic nitrogens is 1. The van der Waals surface area contributed by atoms with Crippen LogP contribution in [0, 0.1) is 6.92 Å². The molecule has 2 aromatic rings. The molecule has 3 rings (SSSR count). The van der Waals surface area contributed by atoms with Crippen LogP contribution in [0.1, 0.15) is 30.1 Å². The number of anilines is 1. The van der Waals surface area contributed by atoms with Crippen LogP contribution < -0.4 is 10.2 Å². The Bertz CT molecular complexity index is 575. The molecule has 0 radical (unpaired) electrons. The van der Waals surface area contributed by atoms with Gasteiger partial charge in [0.2, 0.25) is 0 Å². The van der Waals surface area contributed by atoms with Gasteiger partial charge in [0.1, 0.15) is 17.3 Å². The smallest absolute Gasteiger partial charge is 0.129 e. The number of hydrogen-bond donors (Lipinski definition) is 1. The van der Waals surface area contributed by atoms with Gasteiger partial charge in [-0.05, 0) is 44.0 Å². The van der Waals surface area contributed by atoms with E-state index in [4.69, 9.17) is 9.40 Å². The normalized spacial score (nSPS) is 14.5. The fourth-order valence-electron chi connectivity index (χ4n) is 2.20. The minimum atomic E-state index is 0.712. The van der Waals surface area contributed by atoms with Gasteiger partial charge in [-0.2, -0.15) is 0 Å². The molecule has 1 aliphatic carbocycles. The Hall–Kier alpha value is -1.81. The quantitative estimate of drug-likeness (QED) is 0.877. The molecule has 0 aromatic carbocycles. The minimum absolute atomic E-state index is 0.712. The summed E-state index contributed by atoms with van der Waals surface area (Å²) < 4.78 is 5.61. The van der Waals surface area contributed by atoms with Crippen LogP contribution in [0.25, 0.3) is 0 Å². The predicted molar refractivity (Wildman–Crippen MR) is 79.7 cm³/mol. The van der Waals surface area contributed by atoms with E-state index in [9.17, 15) is 0 Å². The number of aryl methyl sites for hydroxylation is 1. The van der Waals surface area contributed by atoms with E-state index >= 15 is 0 Å². The second kappa shape index (κ2) is 5.67. The second-order valence-corrected chi connectivity index (χ2v) is 5.51. The van der Waals surface area contributed by atoms with Crippen molar-refractivity contribution in [3.63, 3.8) is 0 Å². The Morgan fingerprint density at radius 2 is 2.15 bits per heavy atom. The van der Waals surface area contributed by atoms with Gasteiger partial charge in [-0.1, -0.05) is 6.07 Å². The highest BCUT2D eigenvalue weighted by Crippen LogP contribution is 2.20. The molecule has 20 heavy (non-hydrogen) atoms. The summed E-state index contributed by atoms with van der Waals surface area (Å²) >= 11 is 0. The van der Waals surface area contributed by atoms with Gasteiger partial charge in [0, 0.05) is 19.6 Å². The van der Waals surface area contributed by atoms with Gasteiger partial charge in [0.05, 0.1) is 12.2 Å². The first-order valence-corrected chi connectivity index (χ1v) is 7.16. The summed E-state index contributed by atoms with van der Waals surface area (Å²) in [5, 5.41) is 3.49. The fourth-order valence-corrected chi connectivity index (χ4v) is 2.20. The van der Waals surface area contributed by atoms with Crippen LogP contribution in [-0.4, -0.2) is 18.1 Å². The molecule has 0 amide bonds. The Labute approximate surface area is 119 Å². The third kappa shape index (κ3) is 3.39. The number of nitrogens with one attached hydrogen (secondary N) is 1. The van der Waals surface area contributed by atoms with Crippen LogP contribution in [0.2, 0.25) is 0 Å². The molecule has 0 bridgehead atoms. The Morgan fingerprint density at radius 1 is 1.30 bits per heavy atom. The van der Waals surface area contributed by atoms with Gasteiger partial charge in [0.25, 0.3) is 0 Å². The molecule has 0 saturated heterocycles. The molecule has 0 spiro atoms. The Kier molecular flexibility index (Phi) is 3.74. The summed E-state index contributed by atoms with van der Waals surface area (Å²) in [6.45, 7) is 3.55. The average molecular weight is 271 g/mol. The van der Waals surface area contributed by atoms with Crippen molar-refractivity contribution >= 4 is 5.82 Å². The Balaban J connectivity index is 1.63. The molecular formula is C16H21N3O. The number of furan rings is 1. The molecule has 1 fully saturated rings. The van der Waals surface area contributed by atoms with E-state index in [0.717, 1.165) is 36.1 Å². The lowest BCUT2D eigenvalue weighted by Gasteiger charge is -2.17. The lowest BCUT2D eigenvalue weighted by molar-refractivity contribution is 0.481. The van der Waals surface area contributed by atoms with E-state index in [0.29, 0.717) is 6.04 Å². The average Bonchev–Trinajstić information content (AvgIpc) is 3.19. The highest BCUT2D eigenvalue weighted by Gasteiger charge is 2.20. The third-order valence-corrected chi connectivity index (χ3v) is 3.52. The summed E-state index contributed by atoms with van der Waals surface area (Å²) in [5.74, 6) is 2.89. The second-order valence-electron chi connectivity index (χ2n) is 5.51. The molecule has 1 aliphatic rings. The maximum atomic E-state index is 5.61. The number of pyridine rings is 1. The van der Waals surface area contributed by atoms with E-state index in [1.807, 2.05) is 32.2 Å². The van der Waals surface area contributed by atoms with Crippen molar-refractivity contribution < 1.29 is 4.42 Å². The fraction of sp³-hybridized carbons (Fsp3) is 0.438. The van der Waals surface area contributed by atoms with Crippen molar-refractivity contribution in [1.29, 1.82) is 0 Å². The van der Waals surface area contributed by atoms with Crippen LogP contribution in [0.3, 0.4) is 0 Å². The summed E-state index contributed by atoms with van der Waals surface area (Å²) in [6, 6.07) is 10.9. The first kappa shape index (κ1) is 13.2. The third-order valence-electron chi connectivity index (χ3n) is 3.52. The topological polar surface area (TPSA) is 41.3 Å². The van der Waals surface area contributed by atoms with E-state index in [2.05, 4.69) is 22.3 Å². The van der Waals surface area contributed by atoms with Crippen LogP contribution >= 0.6 is 0 Å². The van der Waals surface area contributed by atoms with Crippen molar-refractivity contribution in [2.45, 2.75) is 38.9 Å². The molecule has 0 unspecified atom stereocenters. The first-order chi connectivity index (χ1) is 9.70. The Morgan fingerprint density at radius 3 is 2.85 bits per heavy atom. The molecule has 1 N–H and O–H groups in total. The van der Waals surface area contributed by atoms with Crippen LogP contribution in [-0.2, 0) is 13.1 Å². The molecule has 4 heteroatoms. The molecule has 0 aliphatic heterocycles. The zero-order valence-electron chi connectivity index (χ0n) is 12.1. The minimum Gasteiger partial charge on any atom is -0.464 e. The van der Waals surface area contributed by atoms with Gasteiger partial charge in [-0.3, -0.25) is 0 Å². The first-order valence-electron chi connectivity index (χ1n) is 7.16. The zero-order chi connectivity index (χ0) is 13.9. The SMILES string of the molecule is Cc1ccc(CN(C)c2cccc(CNC3CC3)n2)o1. The molecule has 1 saturated carbocycles. The summed E-state index contributed by atoms with van der Waals surface area (Å²) in [6.07, 6.45) is 2.61. The van der Waals surface area contributed by atoms with E-state index in [-0.39, 0.29) is 0 Å². The molecule has 2 aromatic heterocycles. The zero-order valence-corrected chi connectivity index (χ0v) is 12.1. The molecule has 2 heterocycles. The standard InChI is InChI=1S/C16H21N3O/c1-12-6-9-15(20-12)11-19(2)16-5-3-4-14(18-16)10-17-13-7-8-13/h3-6,9,13,17H,7-8,10-11H2,1-2H3. The molecule has 106 valence electrons. The maximum Gasteiger partial charge on any atom is 0.129 e. The van der Waals surface area contributed by atoms with Crippen LogP contribution in [0.4, 0.5) is 5.82 Å². The van der Waals surface area contributed by atoms with Gasteiger partial charge >= 0.3 is 0 Å². The van der Waals surface area contributed by atoms with Crippen molar-refractivity contribution in [2.75, 3.05) is 11.9 Å². The van der Waals surface area contributed by atoms with E-state index in [1.54, 1.807) is 0 Å². The number of rotatable bonds is 6. The monoisotopic (exact) mass is 271 g/mol. The summed E-state index contributed by atoms with van der Waals surface area (Å²) in [7, 11) is 2.04. The maximum absolute atomic E-state index is 5.61. The van der Waals surface area contributed by atoms with Crippen LogP contribution in [0.15, 0.2) is 34.7 Å². The molecule has 0 atom stereocenters. The number of nitrogens with zero attached hydrogens (tertiary/aromatic N) is 2. The van der Waals surface area contributed by atoms with Crippen molar-refractivity contribution in [1.82, 2.24) is 10.3 Å². The highest BCUT2D eigenvalue weighted by molar-refractivity contribution is 5.38. The van der Waals surface area contributed by atoms with Crippen LogP contribution in [0.5, 0.6) is 0 Å². The largest absolute Gasteiger partial charge is 0.464 e. The van der Waals surface area contributed by atoms with Gasteiger partial charge in [-0.25, -0.2) is 4.98 Å². The van der Waals surface area contributed by atoms with Crippen molar-refractivity contribution in [3.8, 4) is 0 Å². The lowest BCUT2D eigenvalue weighted by atomic mass is 10.3. The van der Waals surface area contributed by atoms with E-state index in [1.165, 1.54) is 12.8 Å². The lowest BCUT2D eigenvalue weighted by Crippen LogP contribution is -2.20. The van der Waals surface area contributed by atoms with Gasteiger partial charge in [-0.15, -0.1) is 0 Å². The van der Waals surface area contributed by atoms with Crippen molar-refractivity contribution in [3.05, 3.63) is 47.5 Å². The predicted octanol–water partition coefficient (Wildman–Crippen LogP) is 2.87.